The Morgan fingerprint density at radius 1 is 1.17 bits per heavy atom. The summed E-state index contributed by atoms with van der Waals surface area (Å²) < 4.78 is 26.7. The van der Waals surface area contributed by atoms with Gasteiger partial charge in [-0.2, -0.15) is 0 Å². The Hall–Kier alpha value is -2.47. The van der Waals surface area contributed by atoms with Crippen LogP contribution in [0.1, 0.15) is 16.8 Å². The van der Waals surface area contributed by atoms with Crippen molar-refractivity contribution in [2.24, 2.45) is 0 Å². The van der Waals surface area contributed by atoms with Gasteiger partial charge in [0.15, 0.2) is 0 Å². The van der Waals surface area contributed by atoms with E-state index in [4.69, 9.17) is 11.6 Å². The number of carbonyl (C=O) groups is 2. The summed E-state index contributed by atoms with van der Waals surface area (Å²) >= 11 is 5.85. The molecule has 0 radical (unpaired) electrons. The molecule has 1 fully saturated rings. The van der Waals surface area contributed by atoms with Crippen LogP contribution in [0, 0.1) is 11.6 Å². The van der Waals surface area contributed by atoms with E-state index < -0.39 is 23.6 Å². The molecule has 1 aliphatic rings. The first kappa shape index (κ1) is 16.4. The molecule has 1 atom stereocenters. The summed E-state index contributed by atoms with van der Waals surface area (Å²) in [6, 6.07) is 8.64. The van der Waals surface area contributed by atoms with Gasteiger partial charge in [0.05, 0.1) is 10.6 Å². The maximum atomic E-state index is 13.8. The van der Waals surface area contributed by atoms with Gasteiger partial charge in [-0.15, -0.1) is 0 Å². The summed E-state index contributed by atoms with van der Waals surface area (Å²) in [5.41, 5.74) is 0.259. The molecule has 7 heteroatoms. The predicted molar refractivity (Wildman–Crippen MR) is 86.0 cm³/mol. The lowest BCUT2D eigenvalue weighted by Gasteiger charge is -2.17. The lowest BCUT2D eigenvalue weighted by Crippen LogP contribution is -2.41. The number of rotatable bonds is 3. The molecule has 4 nitrogen and oxygen atoms in total. The van der Waals surface area contributed by atoms with Gasteiger partial charge in [0.1, 0.15) is 17.7 Å². The quantitative estimate of drug-likeness (QED) is 0.924. The number of amides is 2. The van der Waals surface area contributed by atoms with E-state index in [0.29, 0.717) is 18.7 Å². The minimum Gasteiger partial charge on any atom is -0.340 e. The molecule has 1 heterocycles. The van der Waals surface area contributed by atoms with Crippen LogP contribution in [0.15, 0.2) is 42.5 Å². The number of anilines is 1. The van der Waals surface area contributed by atoms with E-state index in [2.05, 4.69) is 5.32 Å². The Morgan fingerprint density at radius 2 is 1.88 bits per heavy atom. The lowest BCUT2D eigenvalue weighted by atomic mass is 10.1. The van der Waals surface area contributed by atoms with Gasteiger partial charge in [0, 0.05) is 12.2 Å². The predicted octanol–water partition coefficient (Wildman–Crippen LogP) is 3.15. The van der Waals surface area contributed by atoms with E-state index in [1.165, 1.54) is 41.3 Å². The van der Waals surface area contributed by atoms with Gasteiger partial charge < -0.3 is 10.2 Å². The first-order chi connectivity index (χ1) is 11.5. The zero-order valence-electron chi connectivity index (χ0n) is 12.4. The summed E-state index contributed by atoms with van der Waals surface area (Å²) in [5, 5.41) is 2.49. The highest BCUT2D eigenvalue weighted by Gasteiger charge is 2.34. The SMILES string of the molecule is O=C(N[C@H]1CCN(c2ccc(F)cc2)C1=O)c1c(F)cccc1Cl. The number of nitrogens with zero attached hydrogens (tertiary/aromatic N) is 1. The molecule has 1 aliphatic heterocycles. The second-order valence-electron chi connectivity index (χ2n) is 5.38. The first-order valence-electron chi connectivity index (χ1n) is 7.29. The van der Waals surface area contributed by atoms with E-state index in [1.54, 1.807) is 0 Å². The van der Waals surface area contributed by atoms with Gasteiger partial charge in [0.25, 0.3) is 5.91 Å². The van der Waals surface area contributed by atoms with Crippen LogP contribution >= 0.6 is 11.6 Å². The largest absolute Gasteiger partial charge is 0.340 e. The average Bonchev–Trinajstić information content (AvgIpc) is 2.89. The molecule has 0 unspecified atom stereocenters. The van der Waals surface area contributed by atoms with Crippen LogP contribution in [0.25, 0.3) is 0 Å². The van der Waals surface area contributed by atoms with Crippen molar-refractivity contribution in [3.8, 4) is 0 Å². The van der Waals surface area contributed by atoms with Gasteiger partial charge in [-0.3, -0.25) is 9.59 Å². The van der Waals surface area contributed by atoms with E-state index in [-0.39, 0.29) is 16.5 Å². The van der Waals surface area contributed by atoms with E-state index >= 15 is 0 Å². The van der Waals surface area contributed by atoms with Crippen LogP contribution in [0.2, 0.25) is 5.02 Å². The maximum Gasteiger partial charge on any atom is 0.256 e. The number of carbonyl (C=O) groups excluding carboxylic acids is 2. The molecule has 2 amide bonds. The average molecular weight is 351 g/mol. The zero-order valence-corrected chi connectivity index (χ0v) is 13.2. The van der Waals surface area contributed by atoms with E-state index in [1.807, 2.05) is 0 Å². The highest BCUT2D eigenvalue weighted by molar-refractivity contribution is 6.33. The molecule has 0 aromatic heterocycles. The fourth-order valence-corrected chi connectivity index (χ4v) is 2.89. The molecule has 2 aromatic carbocycles. The van der Waals surface area contributed by atoms with Crippen molar-refractivity contribution in [1.82, 2.24) is 5.32 Å². The standard InChI is InChI=1S/C17H13ClF2N2O2/c18-12-2-1-3-13(20)15(12)16(23)21-14-8-9-22(17(14)24)11-6-4-10(19)5-7-11/h1-7,14H,8-9H2,(H,21,23)/t14-/m0/s1. The smallest absolute Gasteiger partial charge is 0.256 e. The van der Waals surface area contributed by atoms with Crippen LogP contribution < -0.4 is 10.2 Å². The van der Waals surface area contributed by atoms with Gasteiger partial charge in [-0.1, -0.05) is 17.7 Å². The molecule has 2 aromatic rings. The van der Waals surface area contributed by atoms with Crippen molar-refractivity contribution >= 4 is 29.1 Å². The summed E-state index contributed by atoms with van der Waals surface area (Å²) in [4.78, 5) is 26.1. The molecular weight excluding hydrogens is 338 g/mol. The van der Waals surface area contributed by atoms with Crippen LogP contribution in [0.4, 0.5) is 14.5 Å². The molecule has 24 heavy (non-hydrogen) atoms. The lowest BCUT2D eigenvalue weighted by molar-refractivity contribution is -0.118. The molecule has 0 saturated carbocycles. The van der Waals surface area contributed by atoms with Crippen LogP contribution in [0.5, 0.6) is 0 Å². The Balaban J connectivity index is 1.74. The minimum absolute atomic E-state index is 0.0201. The van der Waals surface area contributed by atoms with Crippen molar-refractivity contribution in [2.45, 2.75) is 12.5 Å². The highest BCUT2D eigenvalue weighted by atomic mass is 35.5. The maximum absolute atomic E-state index is 13.8. The monoisotopic (exact) mass is 350 g/mol. The van der Waals surface area contributed by atoms with Gasteiger partial charge >= 0.3 is 0 Å². The van der Waals surface area contributed by atoms with Gasteiger partial charge in [-0.05, 0) is 42.8 Å². The molecule has 1 saturated heterocycles. The second-order valence-corrected chi connectivity index (χ2v) is 5.78. The highest BCUT2D eigenvalue weighted by Crippen LogP contribution is 2.23. The Bertz CT molecular complexity index is 775. The molecule has 1 N–H and O–H groups in total. The summed E-state index contributed by atoms with van der Waals surface area (Å²) in [6.45, 7) is 0.375. The van der Waals surface area contributed by atoms with Crippen molar-refractivity contribution in [3.63, 3.8) is 0 Å². The van der Waals surface area contributed by atoms with Crippen LogP contribution in [-0.2, 0) is 4.79 Å². The topological polar surface area (TPSA) is 49.4 Å². The molecular formula is C17H13ClF2N2O2. The van der Waals surface area contributed by atoms with Crippen LogP contribution in [0.3, 0.4) is 0 Å². The van der Waals surface area contributed by atoms with Gasteiger partial charge in [0.2, 0.25) is 5.91 Å². The number of nitrogens with one attached hydrogen (secondary N) is 1. The Kier molecular flexibility index (Phi) is 4.49. The van der Waals surface area contributed by atoms with Crippen molar-refractivity contribution in [1.29, 1.82) is 0 Å². The third kappa shape index (κ3) is 3.10. The zero-order chi connectivity index (χ0) is 17.3. The van der Waals surface area contributed by atoms with Crippen LogP contribution in [-0.4, -0.2) is 24.4 Å². The third-order valence-electron chi connectivity index (χ3n) is 3.84. The normalized spacial score (nSPS) is 17.2. The number of benzene rings is 2. The fourth-order valence-electron chi connectivity index (χ4n) is 2.64. The van der Waals surface area contributed by atoms with Gasteiger partial charge in [-0.25, -0.2) is 8.78 Å². The minimum atomic E-state index is -0.779. The fraction of sp³-hybridized carbons (Fsp3) is 0.176. The van der Waals surface area contributed by atoms with Crippen molar-refractivity contribution < 1.29 is 18.4 Å². The third-order valence-corrected chi connectivity index (χ3v) is 4.15. The summed E-state index contributed by atoms with van der Waals surface area (Å²) in [6.07, 6.45) is 0.369. The Labute approximate surface area is 142 Å². The molecule has 3 rings (SSSR count). The first-order valence-corrected chi connectivity index (χ1v) is 7.67. The van der Waals surface area contributed by atoms with Crippen molar-refractivity contribution in [2.75, 3.05) is 11.4 Å². The number of halogens is 3. The summed E-state index contributed by atoms with van der Waals surface area (Å²) in [5.74, 6) is -2.22. The molecule has 0 aliphatic carbocycles. The molecule has 0 spiro atoms. The second kappa shape index (κ2) is 6.57. The number of hydrogen-bond donors (Lipinski definition) is 1. The van der Waals surface area contributed by atoms with Crippen molar-refractivity contribution in [3.05, 3.63) is 64.7 Å². The Morgan fingerprint density at radius 3 is 2.54 bits per heavy atom. The van der Waals surface area contributed by atoms with E-state index in [9.17, 15) is 18.4 Å². The molecule has 0 bridgehead atoms. The summed E-state index contributed by atoms with van der Waals surface area (Å²) in [7, 11) is 0. The van der Waals surface area contributed by atoms with E-state index in [0.717, 1.165) is 6.07 Å². The molecule has 124 valence electrons. The number of hydrogen-bond acceptors (Lipinski definition) is 2.